The molecule has 0 spiro atoms. The summed E-state index contributed by atoms with van der Waals surface area (Å²) < 4.78 is 0. The van der Waals surface area contributed by atoms with Gasteiger partial charge in [0.25, 0.3) is 0 Å². The third-order valence-electron chi connectivity index (χ3n) is 4.47. The molecule has 0 aromatic heterocycles. The highest BCUT2D eigenvalue weighted by Crippen LogP contribution is 2.56. The monoisotopic (exact) mass is 209 g/mol. The average molecular weight is 209 g/mol. The van der Waals surface area contributed by atoms with Crippen molar-refractivity contribution < 1.29 is 0 Å². The van der Waals surface area contributed by atoms with E-state index in [-0.39, 0.29) is 0 Å². The molecule has 0 aromatic carbocycles. The van der Waals surface area contributed by atoms with Crippen molar-refractivity contribution in [3.63, 3.8) is 0 Å². The summed E-state index contributed by atoms with van der Waals surface area (Å²) in [5.41, 5.74) is 1.24. The van der Waals surface area contributed by atoms with Gasteiger partial charge in [0.2, 0.25) is 0 Å². The molecule has 0 aromatic rings. The van der Waals surface area contributed by atoms with E-state index in [0.717, 1.165) is 11.8 Å². The lowest BCUT2D eigenvalue weighted by Gasteiger charge is -2.52. The molecule has 2 saturated carbocycles. The van der Waals surface area contributed by atoms with Gasteiger partial charge in [0.1, 0.15) is 0 Å². The maximum absolute atomic E-state index is 3.36. The molecule has 2 aliphatic rings. The van der Waals surface area contributed by atoms with Crippen LogP contribution in [0.2, 0.25) is 0 Å². The Morgan fingerprint density at radius 1 is 1.13 bits per heavy atom. The number of hydrogen-bond acceptors (Lipinski definition) is 1. The Hall–Kier alpha value is -0.0400. The van der Waals surface area contributed by atoms with Crippen LogP contribution in [-0.2, 0) is 0 Å². The van der Waals surface area contributed by atoms with E-state index in [9.17, 15) is 0 Å². The normalized spacial score (nSPS) is 44.0. The first-order valence-corrected chi connectivity index (χ1v) is 6.57. The Labute approximate surface area is 95.0 Å². The molecule has 0 radical (unpaired) electrons. The van der Waals surface area contributed by atoms with Crippen molar-refractivity contribution in [1.29, 1.82) is 0 Å². The summed E-state index contributed by atoms with van der Waals surface area (Å²) in [6.07, 6.45) is 7.32. The first-order valence-electron chi connectivity index (χ1n) is 6.57. The minimum absolute atomic E-state index is 0.599. The van der Waals surface area contributed by atoms with E-state index in [4.69, 9.17) is 0 Å². The molecule has 0 aliphatic heterocycles. The van der Waals surface area contributed by atoms with Crippen molar-refractivity contribution in [2.75, 3.05) is 13.6 Å². The Morgan fingerprint density at radius 2 is 1.87 bits per heavy atom. The summed E-state index contributed by atoms with van der Waals surface area (Å²) in [6, 6.07) is 0. The number of fused-ring (bicyclic) bond motifs is 2. The Morgan fingerprint density at radius 3 is 2.47 bits per heavy atom. The molecule has 2 rings (SSSR count). The maximum Gasteiger partial charge on any atom is -0.00232 e. The largest absolute Gasteiger partial charge is 0.319 e. The van der Waals surface area contributed by atoms with Crippen molar-refractivity contribution >= 4 is 0 Å². The van der Waals surface area contributed by atoms with Crippen LogP contribution in [0.5, 0.6) is 0 Å². The minimum atomic E-state index is 0.599. The smallest absolute Gasteiger partial charge is 0.00232 e. The van der Waals surface area contributed by atoms with Gasteiger partial charge in [-0.05, 0) is 68.4 Å². The zero-order valence-electron chi connectivity index (χ0n) is 10.9. The molecule has 0 heterocycles. The fourth-order valence-electron chi connectivity index (χ4n) is 4.87. The van der Waals surface area contributed by atoms with Gasteiger partial charge in [0.05, 0.1) is 0 Å². The average Bonchev–Trinajstić information content (AvgIpc) is 1.97. The Balaban J connectivity index is 2.07. The molecular weight excluding hydrogens is 182 g/mol. The summed E-state index contributed by atoms with van der Waals surface area (Å²) >= 11 is 0. The zero-order chi connectivity index (χ0) is 11.1. The molecule has 1 N–H and O–H groups in total. The fourth-order valence-corrected chi connectivity index (χ4v) is 4.87. The van der Waals surface area contributed by atoms with Gasteiger partial charge in [-0.1, -0.05) is 20.8 Å². The SMILES string of the molecule is CNCC1CC2CC(C)(C)CC(C)(C1)C2. The first kappa shape index (κ1) is 11.4. The van der Waals surface area contributed by atoms with Gasteiger partial charge in [0.15, 0.2) is 0 Å². The van der Waals surface area contributed by atoms with Crippen LogP contribution in [0.3, 0.4) is 0 Å². The molecule has 3 unspecified atom stereocenters. The van der Waals surface area contributed by atoms with Gasteiger partial charge in [-0.2, -0.15) is 0 Å². The molecule has 0 saturated heterocycles. The summed E-state index contributed by atoms with van der Waals surface area (Å²) in [5, 5.41) is 3.36. The van der Waals surface area contributed by atoms with Gasteiger partial charge in [-0.3, -0.25) is 0 Å². The predicted molar refractivity (Wildman–Crippen MR) is 65.9 cm³/mol. The van der Waals surface area contributed by atoms with E-state index in [1.165, 1.54) is 38.6 Å². The van der Waals surface area contributed by atoms with Crippen LogP contribution in [0.15, 0.2) is 0 Å². The summed E-state index contributed by atoms with van der Waals surface area (Å²) in [6.45, 7) is 8.70. The van der Waals surface area contributed by atoms with E-state index in [1.54, 1.807) is 0 Å². The van der Waals surface area contributed by atoms with Gasteiger partial charge < -0.3 is 5.32 Å². The van der Waals surface area contributed by atoms with Crippen molar-refractivity contribution in [3.8, 4) is 0 Å². The molecule has 88 valence electrons. The van der Waals surface area contributed by atoms with Gasteiger partial charge >= 0.3 is 0 Å². The molecule has 0 amide bonds. The van der Waals surface area contributed by atoms with E-state index in [1.807, 2.05) is 0 Å². The molecule has 2 aliphatic carbocycles. The van der Waals surface area contributed by atoms with Gasteiger partial charge in [-0.25, -0.2) is 0 Å². The molecule has 15 heavy (non-hydrogen) atoms. The molecule has 1 nitrogen and oxygen atoms in total. The second-order valence-corrected chi connectivity index (χ2v) is 7.29. The number of hydrogen-bond donors (Lipinski definition) is 1. The number of rotatable bonds is 2. The van der Waals surface area contributed by atoms with Crippen LogP contribution >= 0.6 is 0 Å². The van der Waals surface area contributed by atoms with Crippen LogP contribution < -0.4 is 5.32 Å². The highest BCUT2D eigenvalue weighted by molar-refractivity contribution is 4.97. The molecule has 2 fully saturated rings. The van der Waals surface area contributed by atoms with E-state index >= 15 is 0 Å². The van der Waals surface area contributed by atoms with Crippen LogP contribution in [0.1, 0.15) is 52.9 Å². The lowest BCUT2D eigenvalue weighted by atomic mass is 9.53. The maximum atomic E-state index is 3.36. The fraction of sp³-hybridized carbons (Fsp3) is 1.00. The van der Waals surface area contributed by atoms with Crippen molar-refractivity contribution in [1.82, 2.24) is 5.32 Å². The van der Waals surface area contributed by atoms with E-state index < -0.39 is 0 Å². The van der Waals surface area contributed by atoms with Gasteiger partial charge in [-0.15, -0.1) is 0 Å². The lowest BCUT2D eigenvalue weighted by molar-refractivity contribution is -0.0118. The topological polar surface area (TPSA) is 12.0 Å². The Kier molecular flexibility index (Phi) is 2.87. The van der Waals surface area contributed by atoms with Crippen LogP contribution in [0, 0.1) is 22.7 Å². The van der Waals surface area contributed by atoms with Crippen LogP contribution in [0.4, 0.5) is 0 Å². The third kappa shape index (κ3) is 2.55. The van der Waals surface area contributed by atoms with Crippen molar-refractivity contribution in [2.45, 2.75) is 52.9 Å². The second-order valence-electron chi connectivity index (χ2n) is 7.29. The van der Waals surface area contributed by atoms with E-state index in [2.05, 4.69) is 33.1 Å². The predicted octanol–water partition coefficient (Wildman–Crippen LogP) is 3.45. The van der Waals surface area contributed by atoms with Gasteiger partial charge in [0, 0.05) is 0 Å². The molecule has 2 bridgehead atoms. The molecule has 1 heteroatoms. The van der Waals surface area contributed by atoms with E-state index in [0.29, 0.717) is 10.8 Å². The van der Waals surface area contributed by atoms with Crippen LogP contribution in [-0.4, -0.2) is 13.6 Å². The van der Waals surface area contributed by atoms with Crippen LogP contribution in [0.25, 0.3) is 0 Å². The Bertz CT molecular complexity index is 231. The zero-order valence-corrected chi connectivity index (χ0v) is 10.9. The summed E-state index contributed by atoms with van der Waals surface area (Å²) in [4.78, 5) is 0. The standard InChI is InChI=1S/C14H27N/c1-13(2)6-11-5-12(9-15-4)8-14(3,7-11)10-13/h11-12,15H,5-10H2,1-4H3. The number of nitrogens with one attached hydrogen (secondary N) is 1. The second kappa shape index (κ2) is 3.76. The first-order chi connectivity index (χ1) is 6.92. The van der Waals surface area contributed by atoms with Crippen molar-refractivity contribution in [3.05, 3.63) is 0 Å². The molecular formula is C14H27N. The minimum Gasteiger partial charge on any atom is -0.319 e. The summed E-state index contributed by atoms with van der Waals surface area (Å²) in [7, 11) is 2.09. The highest BCUT2D eigenvalue weighted by Gasteiger charge is 2.45. The summed E-state index contributed by atoms with van der Waals surface area (Å²) in [5.74, 6) is 1.95. The highest BCUT2D eigenvalue weighted by atomic mass is 14.8. The lowest BCUT2D eigenvalue weighted by Crippen LogP contribution is -2.43. The quantitative estimate of drug-likeness (QED) is 0.734. The third-order valence-corrected chi connectivity index (χ3v) is 4.47. The molecule has 3 atom stereocenters. The van der Waals surface area contributed by atoms with Crippen molar-refractivity contribution in [2.24, 2.45) is 22.7 Å².